The monoisotopic (exact) mass is 270 g/mol. The number of nitrogens with zero attached hydrogens (tertiary/aromatic N) is 3. The van der Waals surface area contributed by atoms with Gasteiger partial charge in [-0.2, -0.15) is 5.10 Å². The van der Waals surface area contributed by atoms with Crippen molar-refractivity contribution >= 4 is 11.3 Å². The average Bonchev–Trinajstić information content (AvgIpc) is 3.05. The van der Waals surface area contributed by atoms with Crippen LogP contribution in [0, 0.1) is 0 Å². The maximum atomic E-state index is 5.80. The van der Waals surface area contributed by atoms with Gasteiger partial charge in [0.05, 0.1) is 10.6 Å². The molecule has 0 radical (unpaired) electrons. The molecule has 0 atom stereocenters. The third-order valence-corrected chi connectivity index (χ3v) is 4.03. The third kappa shape index (κ3) is 2.30. The third-order valence-electron chi connectivity index (χ3n) is 2.86. The number of thiazole rings is 1. The van der Waals surface area contributed by atoms with Crippen molar-refractivity contribution in [1.82, 2.24) is 14.8 Å². The Balaban J connectivity index is 2.09. The maximum Gasteiger partial charge on any atom is 0.144 e. The highest BCUT2D eigenvalue weighted by Crippen LogP contribution is 2.34. The molecule has 5 heteroatoms. The van der Waals surface area contributed by atoms with Gasteiger partial charge in [-0.3, -0.25) is 4.68 Å². The van der Waals surface area contributed by atoms with Crippen LogP contribution < -0.4 is 5.73 Å². The van der Waals surface area contributed by atoms with Crippen molar-refractivity contribution in [3.8, 4) is 21.1 Å². The molecule has 0 fully saturated rings. The molecule has 0 bridgehead atoms. The molecule has 3 aromatic rings. The zero-order valence-corrected chi connectivity index (χ0v) is 11.4. The lowest BCUT2D eigenvalue weighted by molar-refractivity contribution is 0.770. The van der Waals surface area contributed by atoms with Gasteiger partial charge in [-0.1, -0.05) is 30.3 Å². The van der Waals surface area contributed by atoms with E-state index in [1.807, 2.05) is 37.5 Å². The topological polar surface area (TPSA) is 56.7 Å². The van der Waals surface area contributed by atoms with Crippen LogP contribution in [0.15, 0.2) is 42.6 Å². The van der Waals surface area contributed by atoms with Gasteiger partial charge in [-0.15, -0.1) is 11.3 Å². The van der Waals surface area contributed by atoms with Crippen LogP contribution in [0.5, 0.6) is 0 Å². The summed E-state index contributed by atoms with van der Waals surface area (Å²) in [5, 5.41) is 5.30. The number of benzene rings is 1. The molecule has 0 aliphatic heterocycles. The van der Waals surface area contributed by atoms with Gasteiger partial charge < -0.3 is 5.73 Å². The molecule has 96 valence electrons. The van der Waals surface area contributed by atoms with Crippen LogP contribution in [0.4, 0.5) is 0 Å². The highest BCUT2D eigenvalue weighted by atomic mass is 32.1. The molecule has 0 aliphatic carbocycles. The molecule has 2 aromatic heterocycles. The molecule has 0 aliphatic rings. The van der Waals surface area contributed by atoms with E-state index in [0.29, 0.717) is 6.54 Å². The summed E-state index contributed by atoms with van der Waals surface area (Å²) >= 11 is 1.64. The normalized spacial score (nSPS) is 10.8. The molecule has 1 aromatic carbocycles. The van der Waals surface area contributed by atoms with Crippen molar-refractivity contribution in [3.05, 3.63) is 48.3 Å². The quantitative estimate of drug-likeness (QED) is 0.796. The number of rotatable bonds is 3. The van der Waals surface area contributed by atoms with Crippen molar-refractivity contribution < 1.29 is 0 Å². The van der Waals surface area contributed by atoms with Gasteiger partial charge in [-0.05, 0) is 11.6 Å². The highest BCUT2D eigenvalue weighted by molar-refractivity contribution is 7.18. The first kappa shape index (κ1) is 12.1. The molecule has 0 saturated carbocycles. The summed E-state index contributed by atoms with van der Waals surface area (Å²) in [6, 6.07) is 12.2. The first-order valence-corrected chi connectivity index (χ1v) is 6.85. The Morgan fingerprint density at radius 3 is 2.63 bits per heavy atom. The number of aromatic nitrogens is 3. The zero-order chi connectivity index (χ0) is 13.2. The van der Waals surface area contributed by atoms with Crippen molar-refractivity contribution in [2.75, 3.05) is 0 Å². The number of nitrogens with two attached hydrogens (primary N) is 1. The summed E-state index contributed by atoms with van der Waals surface area (Å²) in [5.74, 6) is 0. The SMILES string of the molecule is Cn1ccc(-c2nc(CN)c(-c3ccccc3)s2)n1. The van der Waals surface area contributed by atoms with E-state index in [9.17, 15) is 0 Å². The fraction of sp³-hybridized carbons (Fsp3) is 0.143. The first-order chi connectivity index (χ1) is 9.28. The Morgan fingerprint density at radius 2 is 2.00 bits per heavy atom. The average molecular weight is 270 g/mol. The van der Waals surface area contributed by atoms with E-state index in [0.717, 1.165) is 26.8 Å². The van der Waals surface area contributed by atoms with E-state index in [-0.39, 0.29) is 0 Å². The minimum Gasteiger partial charge on any atom is -0.325 e. The fourth-order valence-corrected chi connectivity index (χ4v) is 3.01. The maximum absolute atomic E-state index is 5.80. The Labute approximate surface area is 115 Å². The minimum absolute atomic E-state index is 0.438. The van der Waals surface area contributed by atoms with Gasteiger partial charge in [0.2, 0.25) is 0 Å². The molecule has 0 saturated heterocycles. The van der Waals surface area contributed by atoms with Crippen molar-refractivity contribution in [3.63, 3.8) is 0 Å². The Morgan fingerprint density at radius 1 is 1.21 bits per heavy atom. The van der Waals surface area contributed by atoms with E-state index >= 15 is 0 Å². The number of hydrogen-bond acceptors (Lipinski definition) is 4. The molecule has 0 amide bonds. The van der Waals surface area contributed by atoms with Crippen LogP contribution in [-0.4, -0.2) is 14.8 Å². The van der Waals surface area contributed by atoms with Crippen LogP contribution >= 0.6 is 11.3 Å². The molecular weight excluding hydrogens is 256 g/mol. The van der Waals surface area contributed by atoms with Gasteiger partial charge in [0.25, 0.3) is 0 Å². The predicted octanol–water partition coefficient (Wildman–Crippen LogP) is 2.67. The summed E-state index contributed by atoms with van der Waals surface area (Å²) in [5.41, 5.74) is 8.78. The first-order valence-electron chi connectivity index (χ1n) is 6.03. The van der Waals surface area contributed by atoms with Gasteiger partial charge in [0, 0.05) is 19.8 Å². The molecular formula is C14H14N4S. The van der Waals surface area contributed by atoms with Crippen molar-refractivity contribution in [1.29, 1.82) is 0 Å². The standard InChI is InChI=1S/C14H14N4S/c1-18-8-7-11(17-18)14-16-12(9-15)13(19-14)10-5-3-2-4-6-10/h2-8H,9,15H2,1H3. The lowest BCUT2D eigenvalue weighted by atomic mass is 10.1. The lowest BCUT2D eigenvalue weighted by Gasteiger charge is -1.98. The van der Waals surface area contributed by atoms with Crippen molar-refractivity contribution in [2.24, 2.45) is 12.8 Å². The lowest BCUT2D eigenvalue weighted by Crippen LogP contribution is -1.98. The summed E-state index contributed by atoms with van der Waals surface area (Å²) in [7, 11) is 1.90. The molecule has 3 rings (SSSR count). The van der Waals surface area contributed by atoms with Crippen LogP contribution in [0.1, 0.15) is 5.69 Å². The van der Waals surface area contributed by atoms with E-state index in [2.05, 4.69) is 22.2 Å². The van der Waals surface area contributed by atoms with Crippen LogP contribution in [0.2, 0.25) is 0 Å². The Kier molecular flexibility index (Phi) is 3.15. The van der Waals surface area contributed by atoms with Gasteiger partial charge in [0.1, 0.15) is 10.7 Å². The smallest absolute Gasteiger partial charge is 0.144 e. The van der Waals surface area contributed by atoms with Gasteiger partial charge in [0.15, 0.2) is 0 Å². The molecule has 4 nitrogen and oxygen atoms in total. The van der Waals surface area contributed by atoms with E-state index < -0.39 is 0 Å². The predicted molar refractivity (Wildman–Crippen MR) is 77.6 cm³/mol. The second kappa shape index (κ2) is 4.95. The fourth-order valence-electron chi connectivity index (χ4n) is 1.94. The number of aryl methyl sites for hydroxylation is 1. The molecule has 0 spiro atoms. The number of hydrogen-bond donors (Lipinski definition) is 1. The Hall–Kier alpha value is -1.98. The molecule has 2 N–H and O–H groups in total. The summed E-state index contributed by atoms with van der Waals surface area (Å²) < 4.78 is 1.78. The Bertz CT molecular complexity index is 685. The van der Waals surface area contributed by atoms with Crippen LogP contribution in [0.25, 0.3) is 21.1 Å². The van der Waals surface area contributed by atoms with Gasteiger partial charge in [-0.25, -0.2) is 4.98 Å². The summed E-state index contributed by atoms with van der Waals surface area (Å²) in [4.78, 5) is 5.73. The molecule has 19 heavy (non-hydrogen) atoms. The van der Waals surface area contributed by atoms with Crippen LogP contribution in [-0.2, 0) is 13.6 Å². The second-order valence-corrected chi connectivity index (χ2v) is 5.24. The van der Waals surface area contributed by atoms with Crippen LogP contribution in [0.3, 0.4) is 0 Å². The second-order valence-electron chi connectivity index (χ2n) is 4.24. The van der Waals surface area contributed by atoms with E-state index in [4.69, 9.17) is 5.73 Å². The highest BCUT2D eigenvalue weighted by Gasteiger charge is 2.14. The largest absolute Gasteiger partial charge is 0.325 e. The van der Waals surface area contributed by atoms with Gasteiger partial charge >= 0.3 is 0 Å². The molecule has 0 unspecified atom stereocenters. The zero-order valence-electron chi connectivity index (χ0n) is 10.6. The summed E-state index contributed by atoms with van der Waals surface area (Å²) in [6.45, 7) is 0.438. The van der Waals surface area contributed by atoms with E-state index in [1.165, 1.54) is 0 Å². The summed E-state index contributed by atoms with van der Waals surface area (Å²) in [6.07, 6.45) is 1.92. The molecule has 2 heterocycles. The van der Waals surface area contributed by atoms with E-state index in [1.54, 1.807) is 16.0 Å². The minimum atomic E-state index is 0.438. The van der Waals surface area contributed by atoms with Crippen molar-refractivity contribution in [2.45, 2.75) is 6.54 Å².